The fourth-order valence-electron chi connectivity index (χ4n) is 2.46. The van der Waals surface area contributed by atoms with Crippen molar-refractivity contribution in [2.75, 3.05) is 6.54 Å². The Hall–Kier alpha value is -1.20. The molecule has 0 heterocycles. The van der Waals surface area contributed by atoms with Gasteiger partial charge in [0.25, 0.3) is 5.91 Å². The first-order chi connectivity index (χ1) is 9.00. The molecule has 0 bridgehead atoms. The Labute approximate surface area is 123 Å². The van der Waals surface area contributed by atoms with E-state index in [9.17, 15) is 13.6 Å². The van der Waals surface area contributed by atoms with Crippen LogP contribution in [0.2, 0.25) is 0 Å². The van der Waals surface area contributed by atoms with Crippen molar-refractivity contribution in [1.29, 1.82) is 0 Å². The first-order valence-corrected chi connectivity index (χ1v) is 6.52. The summed E-state index contributed by atoms with van der Waals surface area (Å²) in [5.41, 5.74) is 5.63. The molecular weight excluding hydrogens is 286 g/mol. The average molecular weight is 305 g/mol. The van der Waals surface area contributed by atoms with Gasteiger partial charge >= 0.3 is 0 Å². The molecule has 0 atom stereocenters. The lowest BCUT2D eigenvalue weighted by atomic mass is 9.82. The first kappa shape index (κ1) is 16.9. The molecule has 1 aromatic rings. The van der Waals surface area contributed by atoms with E-state index in [0.717, 1.165) is 37.8 Å². The summed E-state index contributed by atoms with van der Waals surface area (Å²) in [4.78, 5) is 11.8. The molecule has 0 saturated heterocycles. The highest BCUT2D eigenvalue weighted by Crippen LogP contribution is 2.25. The molecule has 0 spiro atoms. The summed E-state index contributed by atoms with van der Waals surface area (Å²) in [5, 5.41) is 2.64. The third kappa shape index (κ3) is 4.15. The van der Waals surface area contributed by atoms with E-state index in [1.165, 1.54) is 6.42 Å². The second kappa shape index (κ2) is 6.99. The van der Waals surface area contributed by atoms with Gasteiger partial charge in [-0.15, -0.1) is 12.4 Å². The highest BCUT2D eigenvalue weighted by atomic mass is 35.5. The molecule has 1 aliphatic carbocycles. The smallest absolute Gasteiger partial charge is 0.254 e. The Kier molecular flexibility index (Phi) is 5.89. The highest BCUT2D eigenvalue weighted by Gasteiger charge is 2.28. The van der Waals surface area contributed by atoms with Crippen LogP contribution in [-0.4, -0.2) is 18.0 Å². The predicted molar refractivity (Wildman–Crippen MR) is 75.9 cm³/mol. The van der Waals surface area contributed by atoms with Gasteiger partial charge in [-0.1, -0.05) is 19.3 Å². The summed E-state index contributed by atoms with van der Waals surface area (Å²) < 4.78 is 26.2. The molecule has 1 aromatic carbocycles. The van der Waals surface area contributed by atoms with E-state index in [-0.39, 0.29) is 18.0 Å². The van der Waals surface area contributed by atoms with Crippen LogP contribution < -0.4 is 11.1 Å². The van der Waals surface area contributed by atoms with Crippen LogP contribution in [0.5, 0.6) is 0 Å². The number of nitrogens with one attached hydrogen (secondary N) is 1. The molecule has 2 rings (SSSR count). The normalized spacial score (nSPS) is 17.1. The van der Waals surface area contributed by atoms with Gasteiger partial charge in [0.1, 0.15) is 11.6 Å². The minimum Gasteiger partial charge on any atom is -0.350 e. The van der Waals surface area contributed by atoms with E-state index < -0.39 is 23.1 Å². The minimum atomic E-state index is -0.854. The summed E-state index contributed by atoms with van der Waals surface area (Å²) >= 11 is 0. The van der Waals surface area contributed by atoms with Crippen LogP contribution in [0.4, 0.5) is 8.78 Å². The van der Waals surface area contributed by atoms with E-state index in [1.54, 1.807) is 0 Å². The van der Waals surface area contributed by atoms with Gasteiger partial charge in [-0.3, -0.25) is 4.79 Å². The maximum absolute atomic E-state index is 13.4. The van der Waals surface area contributed by atoms with Gasteiger partial charge in [0.05, 0.1) is 5.56 Å². The lowest BCUT2D eigenvalue weighted by molar-refractivity contribution is 0.0933. The molecular formula is C14H19ClF2N2O. The van der Waals surface area contributed by atoms with Crippen LogP contribution in [0.3, 0.4) is 0 Å². The van der Waals surface area contributed by atoms with Crippen LogP contribution in [0.15, 0.2) is 18.2 Å². The average Bonchev–Trinajstić information content (AvgIpc) is 2.37. The second-order valence-corrected chi connectivity index (χ2v) is 5.23. The molecule has 6 heteroatoms. The zero-order valence-corrected chi connectivity index (χ0v) is 11.9. The van der Waals surface area contributed by atoms with E-state index in [2.05, 4.69) is 5.32 Å². The van der Waals surface area contributed by atoms with Crippen molar-refractivity contribution in [2.45, 2.75) is 37.6 Å². The number of benzene rings is 1. The fourth-order valence-corrected chi connectivity index (χ4v) is 2.46. The van der Waals surface area contributed by atoms with Crippen molar-refractivity contribution in [2.24, 2.45) is 5.73 Å². The Balaban J connectivity index is 0.00000200. The molecule has 0 radical (unpaired) electrons. The molecule has 1 fully saturated rings. The fraction of sp³-hybridized carbons (Fsp3) is 0.500. The standard InChI is InChI=1S/C14H18F2N2O.ClH/c15-10-4-5-11(12(16)8-10)13(19)18-9-14(17)6-2-1-3-7-14;/h4-5,8H,1-3,6-7,9,17H2,(H,18,19);1H. The summed E-state index contributed by atoms with van der Waals surface area (Å²) in [6.45, 7) is 0.322. The zero-order valence-electron chi connectivity index (χ0n) is 11.1. The van der Waals surface area contributed by atoms with E-state index >= 15 is 0 Å². The molecule has 1 aliphatic rings. The van der Waals surface area contributed by atoms with Crippen LogP contribution in [-0.2, 0) is 0 Å². The van der Waals surface area contributed by atoms with E-state index in [4.69, 9.17) is 5.73 Å². The van der Waals surface area contributed by atoms with Crippen molar-refractivity contribution >= 4 is 18.3 Å². The van der Waals surface area contributed by atoms with Gasteiger partial charge in [-0.25, -0.2) is 8.78 Å². The molecule has 20 heavy (non-hydrogen) atoms. The number of hydrogen-bond acceptors (Lipinski definition) is 2. The number of carbonyl (C=O) groups excluding carboxylic acids is 1. The van der Waals surface area contributed by atoms with Gasteiger partial charge in [-0.05, 0) is 25.0 Å². The van der Waals surface area contributed by atoms with Crippen molar-refractivity contribution in [3.63, 3.8) is 0 Å². The summed E-state index contributed by atoms with van der Waals surface area (Å²) in [5.74, 6) is -2.10. The van der Waals surface area contributed by atoms with Gasteiger partial charge < -0.3 is 11.1 Å². The summed E-state index contributed by atoms with van der Waals surface area (Å²) in [7, 11) is 0. The predicted octanol–water partition coefficient (Wildman–Crippen LogP) is 2.78. The molecule has 1 amide bonds. The van der Waals surface area contributed by atoms with Crippen molar-refractivity contribution in [1.82, 2.24) is 5.32 Å². The molecule has 3 N–H and O–H groups in total. The van der Waals surface area contributed by atoms with Crippen LogP contribution in [0.25, 0.3) is 0 Å². The number of halogens is 3. The number of hydrogen-bond donors (Lipinski definition) is 2. The zero-order chi connectivity index (χ0) is 13.9. The Morgan fingerprint density at radius 2 is 1.90 bits per heavy atom. The van der Waals surface area contributed by atoms with Crippen molar-refractivity contribution < 1.29 is 13.6 Å². The Morgan fingerprint density at radius 1 is 1.25 bits per heavy atom. The lowest BCUT2D eigenvalue weighted by Gasteiger charge is -2.33. The van der Waals surface area contributed by atoms with E-state index in [1.807, 2.05) is 0 Å². The summed E-state index contributed by atoms with van der Waals surface area (Å²) in [6.07, 6.45) is 4.99. The third-order valence-electron chi connectivity index (χ3n) is 3.63. The van der Waals surface area contributed by atoms with Crippen LogP contribution in [0.1, 0.15) is 42.5 Å². The minimum absolute atomic E-state index is 0. The van der Waals surface area contributed by atoms with Crippen molar-refractivity contribution in [3.05, 3.63) is 35.4 Å². The number of carbonyl (C=O) groups is 1. The number of nitrogens with two attached hydrogens (primary N) is 1. The van der Waals surface area contributed by atoms with Crippen LogP contribution >= 0.6 is 12.4 Å². The largest absolute Gasteiger partial charge is 0.350 e. The molecule has 0 unspecified atom stereocenters. The van der Waals surface area contributed by atoms with E-state index in [0.29, 0.717) is 12.6 Å². The third-order valence-corrected chi connectivity index (χ3v) is 3.63. The first-order valence-electron chi connectivity index (χ1n) is 6.52. The van der Waals surface area contributed by atoms with Gasteiger partial charge in [-0.2, -0.15) is 0 Å². The van der Waals surface area contributed by atoms with Crippen molar-refractivity contribution in [3.8, 4) is 0 Å². The van der Waals surface area contributed by atoms with Gasteiger partial charge in [0.15, 0.2) is 0 Å². The summed E-state index contributed by atoms with van der Waals surface area (Å²) in [6, 6.07) is 2.91. The highest BCUT2D eigenvalue weighted by molar-refractivity contribution is 5.94. The topological polar surface area (TPSA) is 55.1 Å². The molecule has 0 aromatic heterocycles. The Morgan fingerprint density at radius 3 is 2.50 bits per heavy atom. The van der Waals surface area contributed by atoms with Gasteiger partial charge in [0, 0.05) is 18.2 Å². The van der Waals surface area contributed by atoms with Gasteiger partial charge in [0.2, 0.25) is 0 Å². The molecule has 0 aliphatic heterocycles. The lowest BCUT2D eigenvalue weighted by Crippen LogP contribution is -2.51. The van der Waals surface area contributed by atoms with Crippen LogP contribution in [0, 0.1) is 11.6 Å². The quantitative estimate of drug-likeness (QED) is 0.902. The second-order valence-electron chi connectivity index (χ2n) is 5.23. The number of rotatable bonds is 3. The molecule has 112 valence electrons. The monoisotopic (exact) mass is 304 g/mol. The maximum atomic E-state index is 13.4. The SMILES string of the molecule is Cl.NC1(CNC(=O)c2ccc(F)cc2F)CCCCC1. The maximum Gasteiger partial charge on any atom is 0.254 e. The molecule has 3 nitrogen and oxygen atoms in total. The number of amides is 1. The molecule has 1 saturated carbocycles. The Bertz CT molecular complexity index is 476.